The molecule has 0 atom stereocenters. The van der Waals surface area contributed by atoms with Gasteiger partial charge in [-0.2, -0.15) is 17.9 Å². The Morgan fingerprint density at radius 3 is 2.46 bits per heavy atom. The Labute approximate surface area is 163 Å². The van der Waals surface area contributed by atoms with E-state index in [9.17, 15) is 18.0 Å². The molecular weight excluding hydrogens is 391 g/mol. The molecule has 0 bridgehead atoms. The van der Waals surface area contributed by atoms with Crippen LogP contribution in [0.2, 0.25) is 0 Å². The van der Waals surface area contributed by atoms with Crippen molar-refractivity contribution in [2.24, 2.45) is 0 Å². The number of carbonyl (C=O) groups excluding carboxylic acids is 1. The minimum atomic E-state index is -4.41. The van der Waals surface area contributed by atoms with Gasteiger partial charge >= 0.3 is 6.18 Å². The van der Waals surface area contributed by atoms with E-state index >= 15 is 0 Å². The first kappa shape index (κ1) is 19.9. The van der Waals surface area contributed by atoms with Gasteiger partial charge in [0.15, 0.2) is 0 Å². The summed E-state index contributed by atoms with van der Waals surface area (Å²) in [7, 11) is 0. The molecular formula is C18H16F3N5OS. The predicted molar refractivity (Wildman–Crippen MR) is 99.4 cm³/mol. The molecule has 1 heterocycles. The highest BCUT2D eigenvalue weighted by molar-refractivity contribution is 7.99. The third-order valence-corrected chi connectivity index (χ3v) is 4.92. The summed E-state index contributed by atoms with van der Waals surface area (Å²) in [6.45, 7) is 3.98. The van der Waals surface area contributed by atoms with Crippen molar-refractivity contribution in [3.63, 3.8) is 0 Å². The first-order valence-corrected chi connectivity index (χ1v) is 9.18. The molecule has 0 aliphatic heterocycles. The van der Waals surface area contributed by atoms with Crippen molar-refractivity contribution in [2.45, 2.75) is 25.2 Å². The van der Waals surface area contributed by atoms with Crippen LogP contribution in [0, 0.1) is 13.8 Å². The maximum Gasteiger partial charge on any atom is 0.416 e. The third-order valence-electron chi connectivity index (χ3n) is 4.00. The highest BCUT2D eigenvalue weighted by atomic mass is 32.2. The van der Waals surface area contributed by atoms with Crippen LogP contribution in [-0.2, 0) is 11.0 Å². The van der Waals surface area contributed by atoms with Gasteiger partial charge in [0.05, 0.1) is 17.0 Å². The van der Waals surface area contributed by atoms with Crippen LogP contribution in [0.25, 0.3) is 5.69 Å². The SMILES string of the molecule is Cc1ccc(-n2nnnc2SCC(=O)Nc2ccc(C(F)(F)F)cc2)cc1C. The number of aromatic nitrogens is 4. The van der Waals surface area contributed by atoms with Gasteiger partial charge in [-0.05, 0) is 71.8 Å². The average molecular weight is 407 g/mol. The highest BCUT2D eigenvalue weighted by Crippen LogP contribution is 2.30. The van der Waals surface area contributed by atoms with E-state index in [0.29, 0.717) is 5.16 Å². The monoisotopic (exact) mass is 407 g/mol. The van der Waals surface area contributed by atoms with E-state index in [1.54, 1.807) is 0 Å². The molecule has 1 N–H and O–H groups in total. The molecule has 28 heavy (non-hydrogen) atoms. The Bertz CT molecular complexity index is 986. The second-order valence-electron chi connectivity index (χ2n) is 6.05. The van der Waals surface area contributed by atoms with Gasteiger partial charge in [-0.1, -0.05) is 17.8 Å². The molecule has 0 saturated carbocycles. The van der Waals surface area contributed by atoms with Crippen molar-refractivity contribution in [3.8, 4) is 5.69 Å². The Morgan fingerprint density at radius 2 is 1.82 bits per heavy atom. The van der Waals surface area contributed by atoms with Crippen molar-refractivity contribution in [1.29, 1.82) is 0 Å². The van der Waals surface area contributed by atoms with Gasteiger partial charge < -0.3 is 5.32 Å². The summed E-state index contributed by atoms with van der Waals surface area (Å²) in [5.74, 6) is -0.369. The summed E-state index contributed by atoms with van der Waals surface area (Å²) in [6, 6.07) is 10.0. The number of hydrogen-bond acceptors (Lipinski definition) is 5. The maximum absolute atomic E-state index is 12.6. The minimum absolute atomic E-state index is 0.00619. The van der Waals surface area contributed by atoms with Gasteiger partial charge in [-0.25, -0.2) is 0 Å². The van der Waals surface area contributed by atoms with Crippen LogP contribution < -0.4 is 5.32 Å². The lowest BCUT2D eigenvalue weighted by Gasteiger charge is -2.09. The van der Waals surface area contributed by atoms with Crippen LogP contribution in [0.5, 0.6) is 0 Å². The summed E-state index contributed by atoms with van der Waals surface area (Å²) in [4.78, 5) is 12.1. The van der Waals surface area contributed by atoms with E-state index < -0.39 is 11.7 Å². The molecule has 2 aromatic carbocycles. The van der Waals surface area contributed by atoms with E-state index in [4.69, 9.17) is 0 Å². The van der Waals surface area contributed by atoms with Gasteiger partial charge in [0.2, 0.25) is 11.1 Å². The molecule has 0 saturated heterocycles. The summed E-state index contributed by atoms with van der Waals surface area (Å²) >= 11 is 1.13. The number of carbonyl (C=O) groups is 1. The number of thioether (sulfide) groups is 1. The number of tetrazole rings is 1. The zero-order chi connectivity index (χ0) is 20.3. The fourth-order valence-corrected chi connectivity index (χ4v) is 3.05. The molecule has 10 heteroatoms. The van der Waals surface area contributed by atoms with E-state index in [1.807, 2.05) is 32.0 Å². The molecule has 0 aliphatic rings. The van der Waals surface area contributed by atoms with Crippen molar-refractivity contribution < 1.29 is 18.0 Å². The number of aryl methyl sites for hydroxylation is 2. The molecule has 0 radical (unpaired) electrons. The van der Waals surface area contributed by atoms with Gasteiger partial charge in [-0.15, -0.1) is 5.10 Å². The molecule has 0 spiro atoms. The largest absolute Gasteiger partial charge is 0.416 e. The molecule has 6 nitrogen and oxygen atoms in total. The highest BCUT2D eigenvalue weighted by Gasteiger charge is 2.30. The lowest BCUT2D eigenvalue weighted by atomic mass is 10.1. The molecule has 0 unspecified atom stereocenters. The van der Waals surface area contributed by atoms with Gasteiger partial charge in [0.25, 0.3) is 0 Å². The fourth-order valence-electron chi connectivity index (χ4n) is 2.36. The number of rotatable bonds is 5. The van der Waals surface area contributed by atoms with E-state index in [-0.39, 0.29) is 17.3 Å². The van der Waals surface area contributed by atoms with E-state index in [1.165, 1.54) is 16.8 Å². The van der Waals surface area contributed by atoms with Crippen LogP contribution in [0.1, 0.15) is 16.7 Å². The molecule has 0 aliphatic carbocycles. The zero-order valence-electron chi connectivity index (χ0n) is 15.0. The predicted octanol–water partition coefficient (Wildman–Crippen LogP) is 4.03. The van der Waals surface area contributed by atoms with Gasteiger partial charge in [0, 0.05) is 5.69 Å². The van der Waals surface area contributed by atoms with Crippen LogP contribution in [0.3, 0.4) is 0 Å². The number of amides is 1. The quantitative estimate of drug-likeness (QED) is 0.647. The van der Waals surface area contributed by atoms with Crippen LogP contribution >= 0.6 is 11.8 Å². The lowest BCUT2D eigenvalue weighted by Crippen LogP contribution is -2.15. The summed E-state index contributed by atoms with van der Waals surface area (Å²) in [5.41, 5.74) is 2.52. The lowest BCUT2D eigenvalue weighted by molar-refractivity contribution is -0.137. The van der Waals surface area contributed by atoms with Crippen LogP contribution in [0.4, 0.5) is 18.9 Å². The Kier molecular flexibility index (Phi) is 5.68. The Hall–Kier alpha value is -2.88. The molecule has 1 amide bonds. The van der Waals surface area contributed by atoms with Gasteiger partial charge in [0.1, 0.15) is 0 Å². The number of anilines is 1. The number of benzene rings is 2. The van der Waals surface area contributed by atoms with Crippen molar-refractivity contribution in [1.82, 2.24) is 20.2 Å². The van der Waals surface area contributed by atoms with Crippen LogP contribution in [0.15, 0.2) is 47.6 Å². The molecule has 3 aromatic rings. The average Bonchev–Trinajstić information content (AvgIpc) is 3.10. The smallest absolute Gasteiger partial charge is 0.325 e. The van der Waals surface area contributed by atoms with E-state index in [0.717, 1.165) is 40.7 Å². The molecule has 3 rings (SSSR count). The summed E-state index contributed by atoms with van der Waals surface area (Å²) in [5, 5.41) is 14.5. The maximum atomic E-state index is 12.6. The number of hydrogen-bond donors (Lipinski definition) is 1. The third kappa shape index (κ3) is 4.69. The molecule has 0 fully saturated rings. The topological polar surface area (TPSA) is 72.7 Å². The van der Waals surface area contributed by atoms with Gasteiger partial charge in [-0.3, -0.25) is 4.79 Å². The van der Waals surface area contributed by atoms with Crippen molar-refractivity contribution in [3.05, 3.63) is 59.2 Å². The second kappa shape index (κ2) is 8.01. The first-order valence-electron chi connectivity index (χ1n) is 8.20. The number of nitrogens with zero attached hydrogens (tertiary/aromatic N) is 4. The first-order chi connectivity index (χ1) is 13.2. The van der Waals surface area contributed by atoms with Crippen molar-refractivity contribution >= 4 is 23.4 Å². The number of halogens is 3. The minimum Gasteiger partial charge on any atom is -0.325 e. The summed E-state index contributed by atoms with van der Waals surface area (Å²) < 4.78 is 39.2. The fraction of sp³-hybridized carbons (Fsp3) is 0.222. The van der Waals surface area contributed by atoms with Crippen LogP contribution in [-0.4, -0.2) is 31.9 Å². The zero-order valence-corrected chi connectivity index (χ0v) is 15.8. The Balaban J connectivity index is 1.63. The van der Waals surface area contributed by atoms with Crippen molar-refractivity contribution in [2.75, 3.05) is 11.1 Å². The van der Waals surface area contributed by atoms with E-state index in [2.05, 4.69) is 20.8 Å². The Morgan fingerprint density at radius 1 is 1.11 bits per heavy atom. The number of nitrogens with one attached hydrogen (secondary N) is 1. The molecule has 146 valence electrons. The normalized spacial score (nSPS) is 11.5. The number of alkyl halides is 3. The summed E-state index contributed by atoms with van der Waals surface area (Å²) in [6.07, 6.45) is -4.41. The molecule has 1 aromatic heterocycles. The standard InChI is InChI=1S/C18H16F3N5OS/c1-11-3-8-15(9-12(11)2)26-17(23-24-25-26)28-10-16(27)22-14-6-4-13(5-7-14)18(19,20)21/h3-9H,10H2,1-2H3,(H,22,27). The second-order valence-corrected chi connectivity index (χ2v) is 7.00.